The summed E-state index contributed by atoms with van der Waals surface area (Å²) in [5, 5.41) is 10.9. The summed E-state index contributed by atoms with van der Waals surface area (Å²) >= 11 is 0. The Hall–Kier alpha value is -1.56. The van der Waals surface area contributed by atoms with Crippen molar-refractivity contribution >= 4 is 5.96 Å². The van der Waals surface area contributed by atoms with Gasteiger partial charge in [-0.3, -0.25) is 4.99 Å². The van der Waals surface area contributed by atoms with Crippen molar-refractivity contribution in [3.05, 3.63) is 17.0 Å². The summed E-state index contributed by atoms with van der Waals surface area (Å²) in [6.45, 7) is 9.96. The molecule has 2 aliphatic rings. The summed E-state index contributed by atoms with van der Waals surface area (Å²) in [5.74, 6) is 2.27. The summed E-state index contributed by atoms with van der Waals surface area (Å²) in [5.41, 5.74) is 2.16. The maximum Gasteiger partial charge on any atom is 0.191 e. The Morgan fingerprint density at radius 3 is 2.82 bits per heavy atom. The van der Waals surface area contributed by atoms with E-state index in [9.17, 15) is 0 Å². The average Bonchev–Trinajstić information content (AvgIpc) is 3.06. The Labute approximate surface area is 131 Å². The minimum atomic E-state index is 0.141. The van der Waals surface area contributed by atoms with E-state index in [4.69, 9.17) is 9.26 Å². The van der Waals surface area contributed by atoms with Crippen LogP contribution in [-0.2, 0) is 11.3 Å². The van der Waals surface area contributed by atoms with Gasteiger partial charge >= 0.3 is 0 Å². The number of fused-ring (bicyclic) bond motifs is 1. The number of aryl methyl sites for hydroxylation is 2. The van der Waals surface area contributed by atoms with Crippen LogP contribution in [0, 0.1) is 25.2 Å². The first-order valence-corrected chi connectivity index (χ1v) is 7.95. The second-order valence-electron chi connectivity index (χ2n) is 6.92. The van der Waals surface area contributed by atoms with Crippen molar-refractivity contribution in [2.75, 3.05) is 13.7 Å². The summed E-state index contributed by atoms with van der Waals surface area (Å²) in [6.07, 6.45) is 1.51. The van der Waals surface area contributed by atoms with Gasteiger partial charge in [-0.25, -0.2) is 0 Å². The number of hydrogen-bond acceptors (Lipinski definition) is 4. The van der Waals surface area contributed by atoms with Crippen LogP contribution < -0.4 is 10.6 Å². The van der Waals surface area contributed by atoms with Gasteiger partial charge in [-0.15, -0.1) is 0 Å². The molecule has 1 aliphatic carbocycles. The van der Waals surface area contributed by atoms with Crippen molar-refractivity contribution in [3.63, 3.8) is 0 Å². The lowest BCUT2D eigenvalue weighted by Crippen LogP contribution is -2.67. The fraction of sp³-hybridized carbons (Fsp3) is 0.750. The SMILES string of the molecule is CN=C(NCc1c(C)noc1C)NC1C2CCOC2C1(C)C. The van der Waals surface area contributed by atoms with E-state index in [2.05, 4.69) is 34.6 Å². The number of nitrogens with zero attached hydrogens (tertiary/aromatic N) is 2. The Morgan fingerprint density at radius 1 is 1.41 bits per heavy atom. The number of ether oxygens (including phenoxy) is 1. The molecule has 122 valence electrons. The number of aliphatic imine (C=N–C) groups is 1. The number of rotatable bonds is 3. The quantitative estimate of drug-likeness (QED) is 0.658. The average molecular weight is 306 g/mol. The molecular formula is C16H26N4O2. The van der Waals surface area contributed by atoms with E-state index in [-0.39, 0.29) is 5.41 Å². The van der Waals surface area contributed by atoms with E-state index in [0.717, 1.165) is 36.0 Å². The molecule has 0 radical (unpaired) electrons. The molecule has 0 spiro atoms. The van der Waals surface area contributed by atoms with Gasteiger partial charge in [0.05, 0.1) is 11.8 Å². The Bertz CT molecular complexity index is 559. The number of nitrogens with one attached hydrogen (secondary N) is 2. The van der Waals surface area contributed by atoms with Gasteiger partial charge in [0.15, 0.2) is 5.96 Å². The lowest BCUT2D eigenvalue weighted by molar-refractivity contribution is -0.106. The number of aromatic nitrogens is 1. The number of hydrogen-bond donors (Lipinski definition) is 2. The van der Waals surface area contributed by atoms with Crippen molar-refractivity contribution in [2.45, 2.75) is 52.8 Å². The molecule has 1 aliphatic heterocycles. The molecule has 0 bridgehead atoms. The van der Waals surface area contributed by atoms with E-state index in [0.29, 0.717) is 24.6 Å². The zero-order valence-electron chi connectivity index (χ0n) is 14.1. The minimum Gasteiger partial charge on any atom is -0.377 e. The predicted octanol–water partition coefficient (Wildman–Crippen LogP) is 1.77. The fourth-order valence-electron chi connectivity index (χ4n) is 3.89. The molecule has 2 fully saturated rings. The molecule has 1 saturated heterocycles. The van der Waals surface area contributed by atoms with Crippen molar-refractivity contribution in [3.8, 4) is 0 Å². The molecule has 2 heterocycles. The Kier molecular flexibility index (Phi) is 3.89. The van der Waals surface area contributed by atoms with Crippen molar-refractivity contribution in [1.82, 2.24) is 15.8 Å². The van der Waals surface area contributed by atoms with E-state index in [1.54, 1.807) is 7.05 Å². The largest absolute Gasteiger partial charge is 0.377 e. The van der Waals surface area contributed by atoms with Crippen LogP contribution >= 0.6 is 0 Å². The van der Waals surface area contributed by atoms with Gasteiger partial charge in [0, 0.05) is 43.1 Å². The first-order chi connectivity index (χ1) is 10.4. The van der Waals surface area contributed by atoms with Crippen LogP contribution in [0.4, 0.5) is 0 Å². The molecule has 3 atom stereocenters. The molecule has 1 saturated carbocycles. The van der Waals surface area contributed by atoms with Crippen LogP contribution in [0.5, 0.6) is 0 Å². The predicted molar refractivity (Wildman–Crippen MR) is 84.7 cm³/mol. The summed E-state index contributed by atoms with van der Waals surface area (Å²) in [7, 11) is 1.80. The van der Waals surface area contributed by atoms with Crippen LogP contribution in [-0.4, -0.2) is 36.9 Å². The number of guanidine groups is 1. The summed E-state index contributed by atoms with van der Waals surface area (Å²) in [6, 6.07) is 0.399. The molecule has 6 heteroatoms. The molecular weight excluding hydrogens is 280 g/mol. The van der Waals surface area contributed by atoms with Gasteiger partial charge in [-0.1, -0.05) is 19.0 Å². The zero-order chi connectivity index (χ0) is 15.9. The van der Waals surface area contributed by atoms with Crippen molar-refractivity contribution in [2.24, 2.45) is 16.3 Å². The lowest BCUT2D eigenvalue weighted by atomic mass is 9.57. The van der Waals surface area contributed by atoms with Gasteiger partial charge in [-0.2, -0.15) is 0 Å². The van der Waals surface area contributed by atoms with Gasteiger partial charge in [0.1, 0.15) is 5.76 Å². The molecule has 0 aromatic carbocycles. The summed E-state index contributed by atoms with van der Waals surface area (Å²) in [4.78, 5) is 4.35. The molecule has 2 N–H and O–H groups in total. The van der Waals surface area contributed by atoms with Crippen LogP contribution in [0.1, 0.15) is 37.3 Å². The monoisotopic (exact) mass is 306 g/mol. The molecule has 6 nitrogen and oxygen atoms in total. The van der Waals surface area contributed by atoms with Crippen molar-refractivity contribution < 1.29 is 9.26 Å². The molecule has 3 unspecified atom stereocenters. The third-order valence-electron chi connectivity index (χ3n) is 5.23. The molecule has 22 heavy (non-hydrogen) atoms. The first-order valence-electron chi connectivity index (χ1n) is 7.95. The van der Waals surface area contributed by atoms with E-state index < -0.39 is 0 Å². The second kappa shape index (κ2) is 5.57. The topological polar surface area (TPSA) is 71.7 Å². The highest BCUT2D eigenvalue weighted by molar-refractivity contribution is 5.80. The standard InChI is InChI=1S/C16H26N4O2/c1-9-12(10(2)22-20-9)8-18-15(17-5)19-13-11-6-7-21-14(11)16(13,3)4/h11,13-14H,6-8H2,1-5H3,(H2,17,18,19). The highest BCUT2D eigenvalue weighted by atomic mass is 16.5. The van der Waals surface area contributed by atoms with Crippen LogP contribution in [0.3, 0.4) is 0 Å². The molecule has 1 aromatic rings. The van der Waals surface area contributed by atoms with E-state index in [1.165, 1.54) is 0 Å². The highest BCUT2D eigenvalue weighted by Crippen LogP contribution is 2.52. The van der Waals surface area contributed by atoms with Crippen LogP contribution in [0.2, 0.25) is 0 Å². The Balaban J connectivity index is 1.61. The molecule has 0 amide bonds. The highest BCUT2D eigenvalue weighted by Gasteiger charge is 2.59. The van der Waals surface area contributed by atoms with Crippen molar-refractivity contribution in [1.29, 1.82) is 0 Å². The Morgan fingerprint density at radius 2 is 2.18 bits per heavy atom. The van der Waals surface area contributed by atoms with Gasteiger partial charge in [0.25, 0.3) is 0 Å². The maximum atomic E-state index is 5.84. The fourth-order valence-corrected chi connectivity index (χ4v) is 3.89. The zero-order valence-corrected chi connectivity index (χ0v) is 14.1. The smallest absolute Gasteiger partial charge is 0.191 e. The third kappa shape index (κ3) is 2.39. The maximum absolute atomic E-state index is 5.84. The molecule has 1 aromatic heterocycles. The second-order valence-corrected chi connectivity index (χ2v) is 6.92. The normalized spacial score (nSPS) is 29.9. The van der Waals surface area contributed by atoms with Crippen LogP contribution in [0.25, 0.3) is 0 Å². The van der Waals surface area contributed by atoms with Gasteiger partial charge < -0.3 is 19.9 Å². The lowest BCUT2D eigenvalue weighted by Gasteiger charge is -2.54. The van der Waals surface area contributed by atoms with E-state index in [1.807, 2.05) is 13.8 Å². The first kappa shape index (κ1) is 15.3. The van der Waals surface area contributed by atoms with Crippen LogP contribution in [0.15, 0.2) is 9.52 Å². The van der Waals surface area contributed by atoms with Gasteiger partial charge in [0.2, 0.25) is 0 Å². The molecule has 3 rings (SSSR count). The minimum absolute atomic E-state index is 0.141. The third-order valence-corrected chi connectivity index (χ3v) is 5.23. The van der Waals surface area contributed by atoms with Gasteiger partial charge in [-0.05, 0) is 20.3 Å². The summed E-state index contributed by atoms with van der Waals surface area (Å²) < 4.78 is 11.0. The van der Waals surface area contributed by atoms with E-state index >= 15 is 0 Å².